The summed E-state index contributed by atoms with van der Waals surface area (Å²) in [4.78, 5) is 13.5. The van der Waals surface area contributed by atoms with Gasteiger partial charge in [-0.25, -0.2) is 0 Å². The number of ketones is 1. The zero-order chi connectivity index (χ0) is 11.1. The van der Waals surface area contributed by atoms with Crippen molar-refractivity contribution in [3.05, 3.63) is 22.4 Å². The van der Waals surface area contributed by atoms with Gasteiger partial charge < -0.3 is 0 Å². The van der Waals surface area contributed by atoms with Crippen LogP contribution in [0.4, 0.5) is 0 Å². The Morgan fingerprint density at radius 2 is 2.25 bits per heavy atom. The van der Waals surface area contributed by atoms with Crippen LogP contribution in [0, 0.1) is 11.8 Å². The van der Waals surface area contributed by atoms with Crippen molar-refractivity contribution in [2.24, 2.45) is 11.8 Å². The van der Waals surface area contributed by atoms with Crippen molar-refractivity contribution in [2.45, 2.75) is 35.5 Å². The molecule has 2 unspecified atom stereocenters. The van der Waals surface area contributed by atoms with Crippen LogP contribution in [0.1, 0.15) is 36.5 Å². The fraction of sp³-hybridized carbons (Fsp3) is 0.615. The zero-order valence-corrected chi connectivity index (χ0v) is 12.0. The molecule has 4 atom stereocenters. The molecular formula is C13H15IOS. The highest BCUT2D eigenvalue weighted by Gasteiger charge is 2.47. The third-order valence-electron chi connectivity index (χ3n) is 4.06. The van der Waals surface area contributed by atoms with E-state index in [4.69, 9.17) is 0 Å². The van der Waals surface area contributed by atoms with Gasteiger partial charge in [0.1, 0.15) is 5.78 Å². The van der Waals surface area contributed by atoms with Crippen LogP contribution in [0.5, 0.6) is 0 Å². The molecule has 2 aliphatic rings. The minimum absolute atomic E-state index is 0.229. The molecule has 0 spiro atoms. The summed E-state index contributed by atoms with van der Waals surface area (Å²) in [6, 6.07) is 4.22. The van der Waals surface area contributed by atoms with Crippen LogP contribution in [0.15, 0.2) is 17.5 Å². The predicted molar refractivity (Wildman–Crippen MR) is 75.3 cm³/mol. The maximum absolute atomic E-state index is 12.2. The monoisotopic (exact) mass is 346 g/mol. The summed E-state index contributed by atoms with van der Waals surface area (Å²) >= 11 is 4.33. The lowest BCUT2D eigenvalue weighted by molar-refractivity contribution is -0.119. The highest BCUT2D eigenvalue weighted by molar-refractivity contribution is 14.1. The number of alkyl halides is 1. The first kappa shape index (κ1) is 11.2. The molecule has 16 heavy (non-hydrogen) atoms. The molecule has 3 rings (SSSR count). The number of carbonyl (C=O) groups excluding carboxylic acids is 1. The quantitative estimate of drug-likeness (QED) is 0.554. The maximum Gasteiger partial charge on any atom is 0.141 e. The Kier molecular flexibility index (Phi) is 3.09. The number of Topliss-reactive ketones (excluding diaryl/α,β-unsaturated/α-hetero) is 1. The molecule has 2 saturated carbocycles. The zero-order valence-electron chi connectivity index (χ0n) is 9.06. The van der Waals surface area contributed by atoms with Gasteiger partial charge in [-0.3, -0.25) is 4.79 Å². The standard InChI is InChI=1S/C13H15IOS/c14-9-4-1-3-8-7-10(15)13(12(8)9)11-5-2-6-16-11/h2,5-6,8-9,12-13H,1,3-4,7H2/t8?,9-,12?,13-/m0/s1. The molecule has 0 bridgehead atoms. The fourth-order valence-electron chi connectivity index (χ4n) is 3.39. The van der Waals surface area contributed by atoms with Crippen LogP contribution in [0.25, 0.3) is 0 Å². The molecule has 0 aliphatic heterocycles. The molecular weight excluding hydrogens is 331 g/mol. The molecule has 0 radical (unpaired) electrons. The number of hydrogen-bond acceptors (Lipinski definition) is 2. The summed E-state index contributed by atoms with van der Waals surface area (Å²) in [6.07, 6.45) is 4.74. The Morgan fingerprint density at radius 1 is 1.38 bits per heavy atom. The summed E-state index contributed by atoms with van der Waals surface area (Å²) in [5.74, 6) is 2.03. The van der Waals surface area contributed by atoms with E-state index in [1.165, 1.54) is 24.1 Å². The van der Waals surface area contributed by atoms with Gasteiger partial charge in [0, 0.05) is 15.2 Å². The second-order valence-corrected chi connectivity index (χ2v) is 7.53. The number of rotatable bonds is 1. The summed E-state index contributed by atoms with van der Waals surface area (Å²) in [5.41, 5.74) is 0. The molecule has 0 amide bonds. The van der Waals surface area contributed by atoms with Gasteiger partial charge in [-0.1, -0.05) is 35.1 Å². The highest BCUT2D eigenvalue weighted by atomic mass is 127. The summed E-state index contributed by atoms with van der Waals surface area (Å²) in [5, 5.41) is 2.10. The minimum atomic E-state index is 0.229. The average molecular weight is 346 g/mol. The van der Waals surface area contributed by atoms with Gasteiger partial charge in [-0.2, -0.15) is 0 Å². The molecule has 0 N–H and O–H groups in total. The molecule has 2 aliphatic carbocycles. The molecule has 1 aromatic rings. The van der Waals surface area contributed by atoms with E-state index in [-0.39, 0.29) is 5.92 Å². The lowest BCUT2D eigenvalue weighted by atomic mass is 9.77. The van der Waals surface area contributed by atoms with Gasteiger partial charge in [0.05, 0.1) is 5.92 Å². The average Bonchev–Trinajstić information content (AvgIpc) is 2.84. The second-order valence-electron chi connectivity index (χ2n) is 4.95. The van der Waals surface area contributed by atoms with E-state index in [2.05, 4.69) is 40.1 Å². The van der Waals surface area contributed by atoms with Crippen LogP contribution in [-0.4, -0.2) is 9.71 Å². The SMILES string of the molecule is O=C1CC2CCC[C@H](I)C2[C@@H]1c1cccs1. The molecule has 1 nitrogen and oxygen atoms in total. The van der Waals surface area contributed by atoms with Crippen molar-refractivity contribution in [1.29, 1.82) is 0 Å². The van der Waals surface area contributed by atoms with Gasteiger partial charge in [-0.15, -0.1) is 11.3 Å². The number of halogens is 1. The van der Waals surface area contributed by atoms with Crippen molar-refractivity contribution in [1.82, 2.24) is 0 Å². The van der Waals surface area contributed by atoms with Crippen LogP contribution in [-0.2, 0) is 4.79 Å². The Hall–Kier alpha value is 0.1000. The number of fused-ring (bicyclic) bond motifs is 1. The molecule has 86 valence electrons. The Morgan fingerprint density at radius 3 is 3.00 bits per heavy atom. The third kappa shape index (κ3) is 1.76. The molecule has 1 heterocycles. The Bertz CT molecular complexity index is 387. The minimum Gasteiger partial charge on any atom is -0.299 e. The van der Waals surface area contributed by atoms with E-state index in [9.17, 15) is 4.79 Å². The van der Waals surface area contributed by atoms with Crippen LogP contribution >= 0.6 is 33.9 Å². The molecule has 3 heteroatoms. The van der Waals surface area contributed by atoms with Crippen molar-refractivity contribution in [2.75, 3.05) is 0 Å². The van der Waals surface area contributed by atoms with Crippen LogP contribution in [0.2, 0.25) is 0 Å². The highest BCUT2D eigenvalue weighted by Crippen LogP contribution is 2.51. The summed E-state index contributed by atoms with van der Waals surface area (Å²) < 4.78 is 0.704. The first-order chi connectivity index (χ1) is 7.77. The van der Waals surface area contributed by atoms with E-state index < -0.39 is 0 Å². The lowest BCUT2D eigenvalue weighted by Crippen LogP contribution is -2.28. The first-order valence-corrected chi connectivity index (χ1v) is 8.10. The Balaban J connectivity index is 1.94. The van der Waals surface area contributed by atoms with Crippen molar-refractivity contribution in [3.8, 4) is 0 Å². The van der Waals surface area contributed by atoms with Crippen molar-refractivity contribution >= 4 is 39.7 Å². The summed E-state index contributed by atoms with van der Waals surface area (Å²) in [7, 11) is 0. The number of carbonyl (C=O) groups is 1. The lowest BCUT2D eigenvalue weighted by Gasteiger charge is -2.32. The molecule has 0 saturated heterocycles. The fourth-order valence-corrected chi connectivity index (χ4v) is 5.74. The van der Waals surface area contributed by atoms with Gasteiger partial charge in [-0.05, 0) is 36.1 Å². The van der Waals surface area contributed by atoms with Crippen LogP contribution in [0.3, 0.4) is 0 Å². The van der Waals surface area contributed by atoms with Gasteiger partial charge in [0.2, 0.25) is 0 Å². The van der Waals surface area contributed by atoms with E-state index in [1.54, 1.807) is 11.3 Å². The molecule has 0 aromatic carbocycles. The van der Waals surface area contributed by atoms with Crippen molar-refractivity contribution in [3.63, 3.8) is 0 Å². The van der Waals surface area contributed by atoms with Gasteiger partial charge in [0.15, 0.2) is 0 Å². The maximum atomic E-state index is 12.2. The van der Waals surface area contributed by atoms with E-state index >= 15 is 0 Å². The van der Waals surface area contributed by atoms with E-state index in [0.29, 0.717) is 21.5 Å². The van der Waals surface area contributed by atoms with Crippen LogP contribution < -0.4 is 0 Å². The van der Waals surface area contributed by atoms with Gasteiger partial charge in [0.25, 0.3) is 0 Å². The second kappa shape index (κ2) is 4.41. The topological polar surface area (TPSA) is 17.1 Å². The van der Waals surface area contributed by atoms with Gasteiger partial charge >= 0.3 is 0 Å². The predicted octanol–water partition coefficient (Wildman–Crippen LogP) is 4.02. The molecule has 2 fully saturated rings. The van der Waals surface area contributed by atoms with E-state index in [1.807, 2.05) is 0 Å². The smallest absolute Gasteiger partial charge is 0.141 e. The van der Waals surface area contributed by atoms with E-state index in [0.717, 1.165) is 6.42 Å². The Labute approximate surface area is 114 Å². The van der Waals surface area contributed by atoms with Crippen molar-refractivity contribution < 1.29 is 4.79 Å². The normalized spacial score (nSPS) is 38.7. The largest absolute Gasteiger partial charge is 0.299 e. The third-order valence-corrected chi connectivity index (χ3v) is 6.47. The first-order valence-electron chi connectivity index (χ1n) is 5.97. The number of thiophene rings is 1. The summed E-state index contributed by atoms with van der Waals surface area (Å²) in [6.45, 7) is 0. The molecule has 1 aromatic heterocycles. The number of hydrogen-bond donors (Lipinski definition) is 0.